The minimum absolute atomic E-state index is 0.726. The van der Waals surface area contributed by atoms with Crippen LogP contribution in [-0.4, -0.2) is 30.6 Å². The lowest BCUT2D eigenvalue weighted by atomic mass is 9.94. The van der Waals surface area contributed by atoms with Crippen molar-refractivity contribution in [3.8, 4) is 0 Å². The second-order valence-electron chi connectivity index (χ2n) is 5.18. The highest BCUT2D eigenvalue weighted by molar-refractivity contribution is 5.14. The molecule has 0 radical (unpaired) electrons. The van der Waals surface area contributed by atoms with E-state index in [-0.39, 0.29) is 0 Å². The van der Waals surface area contributed by atoms with Crippen LogP contribution in [0.5, 0.6) is 0 Å². The van der Waals surface area contributed by atoms with Crippen LogP contribution in [0.15, 0.2) is 16.7 Å². The molecule has 0 unspecified atom stereocenters. The van der Waals surface area contributed by atoms with Crippen LogP contribution >= 0.6 is 0 Å². The molecule has 3 heteroatoms. The molecule has 1 N–H and O–H groups in total. The third-order valence-electron chi connectivity index (χ3n) is 4.01. The molecule has 2 aliphatic rings. The fraction of sp³-hybridized carbons (Fsp3) is 0.692. The van der Waals surface area contributed by atoms with E-state index in [2.05, 4.69) is 23.2 Å². The number of furan rings is 1. The van der Waals surface area contributed by atoms with E-state index in [1.165, 1.54) is 38.0 Å². The Morgan fingerprint density at radius 3 is 3.19 bits per heavy atom. The minimum atomic E-state index is 0.726. The topological polar surface area (TPSA) is 28.4 Å². The van der Waals surface area contributed by atoms with Gasteiger partial charge in [0.1, 0.15) is 5.76 Å². The summed E-state index contributed by atoms with van der Waals surface area (Å²) in [6.45, 7) is 6.73. The van der Waals surface area contributed by atoms with E-state index in [4.69, 9.17) is 4.42 Å². The molecule has 0 amide bonds. The van der Waals surface area contributed by atoms with Gasteiger partial charge < -0.3 is 9.73 Å². The summed E-state index contributed by atoms with van der Waals surface area (Å²) in [6, 6.07) is 2.78. The van der Waals surface area contributed by atoms with E-state index in [9.17, 15) is 0 Å². The molecular weight excluding hydrogens is 200 g/mol. The first kappa shape index (κ1) is 10.4. The maximum atomic E-state index is 5.52. The average Bonchev–Trinajstić information content (AvgIpc) is 2.85. The van der Waals surface area contributed by atoms with Crippen molar-refractivity contribution in [2.24, 2.45) is 5.92 Å². The maximum Gasteiger partial charge on any atom is 0.120 e. The molecule has 0 aliphatic carbocycles. The van der Waals surface area contributed by atoms with Crippen LogP contribution in [0.1, 0.15) is 24.2 Å². The van der Waals surface area contributed by atoms with E-state index in [0.717, 1.165) is 24.3 Å². The van der Waals surface area contributed by atoms with E-state index >= 15 is 0 Å². The molecule has 0 aromatic carbocycles. The zero-order valence-electron chi connectivity index (χ0n) is 9.91. The van der Waals surface area contributed by atoms with Crippen molar-refractivity contribution in [2.75, 3.05) is 19.6 Å². The second kappa shape index (κ2) is 4.22. The van der Waals surface area contributed by atoms with Crippen molar-refractivity contribution in [3.05, 3.63) is 23.7 Å². The van der Waals surface area contributed by atoms with E-state index in [1.807, 2.05) is 0 Å². The molecule has 3 rings (SSSR count). The highest BCUT2D eigenvalue weighted by atomic mass is 16.3. The Bertz CT molecular complexity index is 347. The number of nitrogens with one attached hydrogen (secondary N) is 1. The number of hydrogen-bond acceptors (Lipinski definition) is 3. The molecule has 0 bridgehead atoms. The third-order valence-corrected chi connectivity index (χ3v) is 4.01. The molecule has 1 aromatic heterocycles. The zero-order chi connectivity index (χ0) is 11.0. The molecule has 1 aromatic rings. The van der Waals surface area contributed by atoms with Crippen molar-refractivity contribution in [1.82, 2.24) is 10.2 Å². The summed E-state index contributed by atoms with van der Waals surface area (Å²) >= 11 is 0. The van der Waals surface area contributed by atoms with Gasteiger partial charge in [-0.1, -0.05) is 0 Å². The van der Waals surface area contributed by atoms with Crippen LogP contribution < -0.4 is 5.32 Å². The lowest BCUT2D eigenvalue weighted by molar-refractivity contribution is 0.283. The van der Waals surface area contributed by atoms with Crippen molar-refractivity contribution >= 4 is 0 Å². The van der Waals surface area contributed by atoms with Crippen LogP contribution in [0, 0.1) is 12.8 Å². The Kier molecular flexibility index (Phi) is 2.74. The predicted octanol–water partition coefficient (Wildman–Crippen LogP) is 1.77. The number of nitrogens with zero attached hydrogens (tertiary/aromatic N) is 1. The first-order chi connectivity index (χ1) is 7.83. The molecule has 3 heterocycles. The lowest BCUT2D eigenvalue weighted by Gasteiger charge is -2.24. The summed E-state index contributed by atoms with van der Waals surface area (Å²) in [5.41, 5.74) is 1.28. The van der Waals surface area contributed by atoms with Crippen LogP contribution in [-0.2, 0) is 6.54 Å². The van der Waals surface area contributed by atoms with Gasteiger partial charge in [0, 0.05) is 19.1 Å². The predicted molar refractivity (Wildman–Crippen MR) is 63.2 cm³/mol. The molecule has 2 fully saturated rings. The Hall–Kier alpha value is -0.800. The highest BCUT2D eigenvalue weighted by Gasteiger charge is 2.34. The van der Waals surface area contributed by atoms with Crippen LogP contribution in [0.2, 0.25) is 0 Å². The number of fused-ring (bicyclic) bond motifs is 1. The SMILES string of the molecule is Cc1ccoc1CN1C[C@@H]2CCCN[C@@H]2C1. The van der Waals surface area contributed by atoms with Gasteiger partial charge in [-0.25, -0.2) is 0 Å². The summed E-state index contributed by atoms with van der Waals surface area (Å²) in [5, 5.41) is 3.63. The van der Waals surface area contributed by atoms with Crippen molar-refractivity contribution < 1.29 is 4.42 Å². The van der Waals surface area contributed by atoms with Crippen LogP contribution in [0.4, 0.5) is 0 Å². The third kappa shape index (κ3) is 1.89. The molecular formula is C13H20N2O. The fourth-order valence-electron chi connectivity index (χ4n) is 3.03. The van der Waals surface area contributed by atoms with E-state index in [0.29, 0.717) is 0 Å². The van der Waals surface area contributed by atoms with Crippen molar-refractivity contribution in [2.45, 2.75) is 32.4 Å². The quantitative estimate of drug-likeness (QED) is 0.823. The van der Waals surface area contributed by atoms with Crippen LogP contribution in [0.25, 0.3) is 0 Å². The largest absolute Gasteiger partial charge is 0.468 e. The minimum Gasteiger partial charge on any atom is -0.468 e. The van der Waals surface area contributed by atoms with Crippen LogP contribution in [0.3, 0.4) is 0 Å². The standard InChI is InChI=1S/C13H20N2O/c1-10-4-6-16-13(10)9-15-7-11-3-2-5-14-12(11)8-15/h4,6,11-12,14H,2-3,5,7-9H2,1H3/t11-,12+/m0/s1. The van der Waals surface area contributed by atoms with Crippen molar-refractivity contribution in [1.29, 1.82) is 0 Å². The molecule has 0 saturated carbocycles. The first-order valence-corrected chi connectivity index (χ1v) is 6.31. The maximum absolute atomic E-state index is 5.52. The average molecular weight is 220 g/mol. The van der Waals surface area contributed by atoms with Gasteiger partial charge in [-0.05, 0) is 43.9 Å². The lowest BCUT2D eigenvalue weighted by Crippen LogP contribution is -2.40. The summed E-state index contributed by atoms with van der Waals surface area (Å²) < 4.78 is 5.52. The molecule has 2 aliphatic heterocycles. The van der Waals surface area contributed by atoms with Gasteiger partial charge in [0.2, 0.25) is 0 Å². The Balaban J connectivity index is 1.63. The van der Waals surface area contributed by atoms with E-state index < -0.39 is 0 Å². The second-order valence-corrected chi connectivity index (χ2v) is 5.18. The number of rotatable bonds is 2. The van der Waals surface area contributed by atoms with Crippen molar-refractivity contribution in [3.63, 3.8) is 0 Å². The Morgan fingerprint density at radius 1 is 1.50 bits per heavy atom. The Labute approximate surface area is 96.8 Å². The number of piperidine rings is 1. The first-order valence-electron chi connectivity index (χ1n) is 6.31. The van der Waals surface area contributed by atoms with Gasteiger partial charge in [0.05, 0.1) is 12.8 Å². The summed E-state index contributed by atoms with van der Waals surface area (Å²) in [4.78, 5) is 2.53. The molecule has 0 spiro atoms. The molecule has 3 nitrogen and oxygen atoms in total. The van der Waals surface area contributed by atoms with E-state index in [1.54, 1.807) is 6.26 Å². The summed E-state index contributed by atoms with van der Waals surface area (Å²) in [7, 11) is 0. The molecule has 2 saturated heterocycles. The number of aryl methyl sites for hydroxylation is 1. The molecule has 16 heavy (non-hydrogen) atoms. The monoisotopic (exact) mass is 220 g/mol. The van der Waals surface area contributed by atoms with Gasteiger partial charge in [-0.15, -0.1) is 0 Å². The van der Waals surface area contributed by atoms with Gasteiger partial charge in [-0.2, -0.15) is 0 Å². The summed E-state index contributed by atoms with van der Waals surface area (Å²) in [5.74, 6) is 2.00. The molecule has 2 atom stereocenters. The van der Waals surface area contributed by atoms with Gasteiger partial charge >= 0.3 is 0 Å². The normalized spacial score (nSPS) is 30.6. The van der Waals surface area contributed by atoms with Gasteiger partial charge in [-0.3, -0.25) is 4.90 Å². The molecule has 88 valence electrons. The Morgan fingerprint density at radius 2 is 2.44 bits per heavy atom. The number of hydrogen-bond donors (Lipinski definition) is 1. The number of likely N-dealkylation sites (tertiary alicyclic amines) is 1. The van der Waals surface area contributed by atoms with Gasteiger partial charge in [0.25, 0.3) is 0 Å². The fourth-order valence-corrected chi connectivity index (χ4v) is 3.03. The summed E-state index contributed by atoms with van der Waals surface area (Å²) in [6.07, 6.45) is 4.53. The smallest absolute Gasteiger partial charge is 0.120 e. The zero-order valence-corrected chi connectivity index (χ0v) is 9.91. The van der Waals surface area contributed by atoms with Gasteiger partial charge in [0.15, 0.2) is 0 Å². The highest BCUT2D eigenvalue weighted by Crippen LogP contribution is 2.26.